The monoisotopic (exact) mass is 193 g/mol. The Labute approximate surface area is 72.7 Å². The van der Waals surface area contributed by atoms with Crippen molar-refractivity contribution < 1.29 is 13.5 Å². The van der Waals surface area contributed by atoms with E-state index in [1.54, 1.807) is 0 Å². The molecule has 1 rings (SSSR count). The lowest BCUT2D eigenvalue weighted by Gasteiger charge is -2.26. The van der Waals surface area contributed by atoms with Gasteiger partial charge in [-0.15, -0.1) is 0 Å². The second-order valence-corrected chi connectivity index (χ2v) is 5.53. The fourth-order valence-corrected chi connectivity index (χ4v) is 3.59. The smallest absolute Gasteiger partial charge is 0.155 e. The normalized spacial score (nSPS) is 34.8. The topological polar surface area (TPSA) is 80.4 Å². The lowest BCUT2D eigenvalue weighted by molar-refractivity contribution is 0.149. The van der Waals surface area contributed by atoms with Crippen LogP contribution in [0.25, 0.3) is 0 Å². The molecule has 0 aromatic rings. The van der Waals surface area contributed by atoms with Gasteiger partial charge < -0.3 is 10.8 Å². The number of sulfone groups is 1. The quantitative estimate of drug-likeness (QED) is 0.606. The first-order chi connectivity index (χ1) is 5.58. The van der Waals surface area contributed by atoms with E-state index in [0.717, 1.165) is 0 Å². The van der Waals surface area contributed by atoms with Crippen molar-refractivity contribution in [2.75, 3.05) is 12.3 Å². The molecule has 4 nitrogen and oxygen atoms in total. The van der Waals surface area contributed by atoms with Gasteiger partial charge in [-0.25, -0.2) is 8.42 Å². The van der Waals surface area contributed by atoms with Crippen molar-refractivity contribution in [3.63, 3.8) is 0 Å². The highest BCUT2D eigenvalue weighted by molar-refractivity contribution is 7.92. The summed E-state index contributed by atoms with van der Waals surface area (Å²) >= 11 is 0. The van der Waals surface area contributed by atoms with Crippen LogP contribution in [0, 0.1) is 0 Å². The van der Waals surface area contributed by atoms with Crippen LogP contribution in [-0.4, -0.2) is 37.2 Å². The molecular formula is C7H15NO3S. The van der Waals surface area contributed by atoms with Crippen molar-refractivity contribution in [2.45, 2.75) is 30.6 Å². The van der Waals surface area contributed by atoms with Gasteiger partial charge in [0.05, 0.1) is 17.1 Å². The third-order valence-corrected chi connectivity index (χ3v) is 4.60. The zero-order valence-electron chi connectivity index (χ0n) is 6.94. The van der Waals surface area contributed by atoms with Crippen LogP contribution in [0.5, 0.6) is 0 Å². The lowest BCUT2D eigenvalue weighted by atomic mass is 10.1. The molecule has 12 heavy (non-hydrogen) atoms. The fraction of sp³-hybridized carbons (Fsp3) is 1.00. The first-order valence-electron chi connectivity index (χ1n) is 4.17. The SMILES string of the molecule is NCCC1C(O)CCCS1(=O)=O. The molecule has 5 heteroatoms. The minimum Gasteiger partial charge on any atom is -0.392 e. The Bertz CT molecular complexity index is 237. The Hall–Kier alpha value is -0.130. The van der Waals surface area contributed by atoms with Crippen LogP contribution in [0.4, 0.5) is 0 Å². The van der Waals surface area contributed by atoms with Crippen molar-refractivity contribution in [1.82, 2.24) is 0 Å². The van der Waals surface area contributed by atoms with E-state index < -0.39 is 21.2 Å². The molecule has 0 amide bonds. The molecule has 2 atom stereocenters. The summed E-state index contributed by atoms with van der Waals surface area (Å²) in [6.07, 6.45) is 0.838. The van der Waals surface area contributed by atoms with Gasteiger partial charge in [0.1, 0.15) is 0 Å². The highest BCUT2D eigenvalue weighted by Gasteiger charge is 2.34. The molecule has 0 aromatic heterocycles. The van der Waals surface area contributed by atoms with Crippen molar-refractivity contribution in [3.05, 3.63) is 0 Å². The Morgan fingerprint density at radius 3 is 2.67 bits per heavy atom. The van der Waals surface area contributed by atoms with Crippen molar-refractivity contribution in [2.24, 2.45) is 5.73 Å². The van der Waals surface area contributed by atoms with Gasteiger partial charge in [-0.3, -0.25) is 0 Å². The number of rotatable bonds is 2. The fourth-order valence-electron chi connectivity index (χ4n) is 1.61. The Morgan fingerprint density at radius 2 is 2.17 bits per heavy atom. The molecule has 0 spiro atoms. The van der Waals surface area contributed by atoms with Gasteiger partial charge >= 0.3 is 0 Å². The third kappa shape index (κ3) is 1.97. The molecule has 0 saturated carbocycles. The van der Waals surface area contributed by atoms with Crippen LogP contribution >= 0.6 is 0 Å². The average Bonchev–Trinajstić information content (AvgIpc) is 1.97. The lowest BCUT2D eigenvalue weighted by Crippen LogP contribution is -2.41. The van der Waals surface area contributed by atoms with E-state index >= 15 is 0 Å². The summed E-state index contributed by atoms with van der Waals surface area (Å²) < 4.78 is 22.7. The number of hydrogen-bond donors (Lipinski definition) is 2. The summed E-state index contributed by atoms with van der Waals surface area (Å²) in [6.45, 7) is 0.320. The molecule has 3 N–H and O–H groups in total. The molecule has 1 aliphatic heterocycles. The summed E-state index contributed by atoms with van der Waals surface area (Å²) in [7, 11) is -3.06. The van der Waals surface area contributed by atoms with Crippen LogP contribution < -0.4 is 5.73 Å². The van der Waals surface area contributed by atoms with Gasteiger partial charge in [-0.1, -0.05) is 0 Å². The molecule has 0 radical (unpaired) electrons. The van der Waals surface area contributed by atoms with Crippen LogP contribution in [0.2, 0.25) is 0 Å². The van der Waals surface area contributed by atoms with Crippen molar-refractivity contribution >= 4 is 9.84 Å². The average molecular weight is 193 g/mol. The molecule has 2 unspecified atom stereocenters. The largest absolute Gasteiger partial charge is 0.392 e. The van der Waals surface area contributed by atoms with Crippen LogP contribution in [0.15, 0.2) is 0 Å². The molecular weight excluding hydrogens is 178 g/mol. The van der Waals surface area contributed by atoms with Crippen molar-refractivity contribution in [3.8, 4) is 0 Å². The highest BCUT2D eigenvalue weighted by Crippen LogP contribution is 2.22. The number of hydrogen-bond acceptors (Lipinski definition) is 4. The number of aliphatic hydroxyl groups excluding tert-OH is 1. The van der Waals surface area contributed by atoms with E-state index in [1.807, 2.05) is 0 Å². The van der Waals surface area contributed by atoms with Gasteiger partial charge in [0.2, 0.25) is 0 Å². The molecule has 1 aliphatic rings. The maximum atomic E-state index is 11.4. The molecule has 0 bridgehead atoms. The standard InChI is InChI=1S/C7H15NO3S/c8-4-3-7-6(9)2-1-5-12(7,10)11/h6-7,9H,1-5,8H2. The van der Waals surface area contributed by atoms with E-state index in [4.69, 9.17) is 5.73 Å². The number of nitrogens with two attached hydrogens (primary N) is 1. The van der Waals surface area contributed by atoms with E-state index in [9.17, 15) is 13.5 Å². The molecule has 1 saturated heterocycles. The van der Waals surface area contributed by atoms with Crippen LogP contribution in [0.3, 0.4) is 0 Å². The first-order valence-corrected chi connectivity index (χ1v) is 5.89. The van der Waals surface area contributed by atoms with E-state index in [1.165, 1.54) is 0 Å². The zero-order chi connectivity index (χ0) is 9.19. The Balaban J connectivity index is 2.74. The maximum absolute atomic E-state index is 11.4. The summed E-state index contributed by atoms with van der Waals surface area (Å²) in [6, 6.07) is 0. The van der Waals surface area contributed by atoms with E-state index in [0.29, 0.717) is 25.8 Å². The Morgan fingerprint density at radius 1 is 1.50 bits per heavy atom. The second kappa shape index (κ2) is 3.72. The van der Waals surface area contributed by atoms with Gasteiger partial charge in [0, 0.05) is 0 Å². The first kappa shape index (κ1) is 9.95. The minimum absolute atomic E-state index is 0.203. The second-order valence-electron chi connectivity index (χ2n) is 3.19. The highest BCUT2D eigenvalue weighted by atomic mass is 32.2. The van der Waals surface area contributed by atoms with Crippen molar-refractivity contribution in [1.29, 1.82) is 0 Å². The predicted octanol–water partition coefficient (Wildman–Crippen LogP) is -0.727. The van der Waals surface area contributed by atoms with E-state index in [2.05, 4.69) is 0 Å². The number of aliphatic hydroxyl groups is 1. The molecule has 72 valence electrons. The summed E-state index contributed by atoms with van der Waals surface area (Å²) in [5, 5.41) is 8.79. The third-order valence-electron chi connectivity index (χ3n) is 2.27. The summed E-state index contributed by atoms with van der Waals surface area (Å²) in [4.78, 5) is 0. The van der Waals surface area contributed by atoms with Gasteiger partial charge in [0.25, 0.3) is 0 Å². The summed E-state index contributed by atoms with van der Waals surface area (Å²) in [5.74, 6) is 0.203. The summed E-state index contributed by atoms with van der Waals surface area (Å²) in [5.41, 5.74) is 5.27. The van der Waals surface area contributed by atoms with E-state index in [-0.39, 0.29) is 5.75 Å². The molecule has 0 aromatic carbocycles. The van der Waals surface area contributed by atoms with Crippen LogP contribution in [0.1, 0.15) is 19.3 Å². The van der Waals surface area contributed by atoms with Gasteiger partial charge in [0.15, 0.2) is 9.84 Å². The van der Waals surface area contributed by atoms with Gasteiger partial charge in [-0.05, 0) is 25.8 Å². The van der Waals surface area contributed by atoms with Gasteiger partial charge in [-0.2, -0.15) is 0 Å². The maximum Gasteiger partial charge on any atom is 0.155 e. The molecule has 1 heterocycles. The zero-order valence-corrected chi connectivity index (χ0v) is 7.76. The minimum atomic E-state index is -3.06. The Kier molecular flexibility index (Phi) is 3.09. The molecule has 0 aliphatic carbocycles. The molecule has 1 fully saturated rings. The predicted molar refractivity (Wildman–Crippen MR) is 46.5 cm³/mol. The van der Waals surface area contributed by atoms with Crippen LogP contribution in [-0.2, 0) is 9.84 Å².